The van der Waals surface area contributed by atoms with E-state index in [4.69, 9.17) is 10.6 Å². The maximum atomic E-state index is 5.83. The van der Waals surface area contributed by atoms with Gasteiger partial charge in [-0.15, -0.1) is 0 Å². The van der Waals surface area contributed by atoms with E-state index in [0.717, 1.165) is 19.3 Å². The summed E-state index contributed by atoms with van der Waals surface area (Å²) in [5.74, 6) is 5.60. The van der Waals surface area contributed by atoms with Gasteiger partial charge in [-0.2, -0.15) is 0 Å². The van der Waals surface area contributed by atoms with Gasteiger partial charge >= 0.3 is 0 Å². The van der Waals surface area contributed by atoms with E-state index in [-0.39, 0.29) is 12.1 Å². The Balaban J connectivity index is 1.96. The second-order valence-electron chi connectivity index (χ2n) is 4.40. The van der Waals surface area contributed by atoms with Gasteiger partial charge in [0.1, 0.15) is 0 Å². The quantitative estimate of drug-likeness (QED) is 0.589. The molecule has 0 aliphatic carbocycles. The van der Waals surface area contributed by atoms with Crippen molar-refractivity contribution in [3.63, 3.8) is 0 Å². The summed E-state index contributed by atoms with van der Waals surface area (Å²) in [4.78, 5) is 4.01. The molecule has 4 nitrogen and oxygen atoms in total. The molecule has 1 saturated heterocycles. The Morgan fingerprint density at radius 2 is 2.25 bits per heavy atom. The minimum atomic E-state index is 0.187. The molecule has 0 aromatic carbocycles. The number of hydrazine groups is 1. The molecule has 2 heterocycles. The number of nitrogens with one attached hydrogen (secondary N) is 1. The van der Waals surface area contributed by atoms with Gasteiger partial charge in [-0.3, -0.25) is 16.3 Å². The van der Waals surface area contributed by atoms with E-state index in [1.54, 1.807) is 12.4 Å². The fourth-order valence-corrected chi connectivity index (χ4v) is 2.20. The third-order valence-corrected chi connectivity index (χ3v) is 3.13. The summed E-state index contributed by atoms with van der Waals surface area (Å²) in [5, 5.41) is 0. The number of hydrogen-bond acceptors (Lipinski definition) is 4. The van der Waals surface area contributed by atoms with Crippen LogP contribution in [0.5, 0.6) is 0 Å². The van der Waals surface area contributed by atoms with Gasteiger partial charge in [0.15, 0.2) is 0 Å². The lowest BCUT2D eigenvalue weighted by atomic mass is 10.0. The Morgan fingerprint density at radius 3 is 2.81 bits per heavy atom. The zero-order valence-electron chi connectivity index (χ0n) is 9.60. The molecule has 1 aliphatic rings. The molecular weight excluding hydrogens is 202 g/mol. The summed E-state index contributed by atoms with van der Waals surface area (Å²) in [5.41, 5.74) is 4.10. The molecule has 0 radical (unpaired) electrons. The molecule has 4 heteroatoms. The minimum Gasteiger partial charge on any atom is -0.374 e. The number of rotatable bonds is 4. The van der Waals surface area contributed by atoms with Gasteiger partial charge in [0.25, 0.3) is 0 Å². The predicted molar refractivity (Wildman–Crippen MR) is 62.6 cm³/mol. The van der Waals surface area contributed by atoms with E-state index in [1.165, 1.54) is 5.56 Å². The Bertz CT molecular complexity index is 317. The van der Waals surface area contributed by atoms with Crippen molar-refractivity contribution in [3.05, 3.63) is 30.1 Å². The van der Waals surface area contributed by atoms with Crippen molar-refractivity contribution >= 4 is 0 Å². The fourth-order valence-electron chi connectivity index (χ4n) is 2.20. The first-order valence-electron chi connectivity index (χ1n) is 5.80. The monoisotopic (exact) mass is 221 g/mol. The van der Waals surface area contributed by atoms with Crippen LogP contribution in [0.15, 0.2) is 24.5 Å². The molecule has 16 heavy (non-hydrogen) atoms. The molecule has 1 aliphatic heterocycles. The highest BCUT2D eigenvalue weighted by molar-refractivity contribution is 5.12. The second-order valence-corrected chi connectivity index (χ2v) is 4.40. The molecule has 88 valence electrons. The van der Waals surface area contributed by atoms with E-state index < -0.39 is 0 Å². The van der Waals surface area contributed by atoms with Crippen LogP contribution in [0.3, 0.4) is 0 Å². The molecule has 3 N–H and O–H groups in total. The summed E-state index contributed by atoms with van der Waals surface area (Å²) in [7, 11) is 0. The first kappa shape index (κ1) is 11.5. The average molecular weight is 221 g/mol. The largest absolute Gasteiger partial charge is 0.374 e. The number of pyridine rings is 1. The van der Waals surface area contributed by atoms with E-state index in [1.807, 2.05) is 12.1 Å². The van der Waals surface area contributed by atoms with Gasteiger partial charge < -0.3 is 4.74 Å². The molecule has 0 saturated carbocycles. The van der Waals surface area contributed by atoms with Crippen molar-refractivity contribution in [2.75, 3.05) is 0 Å². The van der Waals surface area contributed by atoms with Crippen molar-refractivity contribution in [1.82, 2.24) is 10.4 Å². The SMILES string of the molecule is CC1CCC(C(Cc2ccncc2)NN)O1. The number of hydrogen-bond donors (Lipinski definition) is 2. The third kappa shape index (κ3) is 2.78. The van der Waals surface area contributed by atoms with Gasteiger partial charge in [-0.25, -0.2) is 0 Å². The van der Waals surface area contributed by atoms with Crippen LogP contribution >= 0.6 is 0 Å². The topological polar surface area (TPSA) is 60.2 Å². The summed E-state index contributed by atoms with van der Waals surface area (Å²) in [6.07, 6.45) is 7.30. The summed E-state index contributed by atoms with van der Waals surface area (Å²) >= 11 is 0. The predicted octanol–water partition coefficient (Wildman–Crippen LogP) is 1.02. The van der Waals surface area contributed by atoms with Crippen LogP contribution in [0, 0.1) is 0 Å². The van der Waals surface area contributed by atoms with Gasteiger partial charge in [0.05, 0.1) is 18.2 Å². The summed E-state index contributed by atoms with van der Waals surface area (Å²) < 4.78 is 5.83. The number of nitrogens with zero attached hydrogens (tertiary/aromatic N) is 1. The maximum Gasteiger partial charge on any atom is 0.0749 e. The number of nitrogens with two attached hydrogens (primary N) is 1. The second kappa shape index (κ2) is 5.39. The molecule has 0 amide bonds. The van der Waals surface area contributed by atoms with Crippen molar-refractivity contribution in [2.24, 2.45) is 5.84 Å². The lowest BCUT2D eigenvalue weighted by Gasteiger charge is -2.22. The Labute approximate surface area is 96.2 Å². The molecule has 1 aromatic heterocycles. The van der Waals surface area contributed by atoms with Gasteiger partial charge in [-0.1, -0.05) is 0 Å². The first-order valence-corrected chi connectivity index (χ1v) is 5.80. The van der Waals surface area contributed by atoms with Gasteiger partial charge in [0.2, 0.25) is 0 Å². The Morgan fingerprint density at radius 1 is 1.50 bits per heavy atom. The van der Waals surface area contributed by atoms with Crippen LogP contribution in [-0.2, 0) is 11.2 Å². The van der Waals surface area contributed by atoms with Crippen LogP contribution in [0.1, 0.15) is 25.3 Å². The summed E-state index contributed by atoms with van der Waals surface area (Å²) in [6.45, 7) is 2.11. The third-order valence-electron chi connectivity index (χ3n) is 3.13. The van der Waals surface area contributed by atoms with Crippen molar-refractivity contribution in [1.29, 1.82) is 0 Å². The van der Waals surface area contributed by atoms with Crippen LogP contribution in [-0.4, -0.2) is 23.2 Å². The smallest absolute Gasteiger partial charge is 0.0749 e. The lowest BCUT2D eigenvalue weighted by Crippen LogP contribution is -2.45. The zero-order chi connectivity index (χ0) is 11.4. The van der Waals surface area contributed by atoms with Crippen molar-refractivity contribution in [3.8, 4) is 0 Å². The molecular formula is C12H19N3O. The van der Waals surface area contributed by atoms with Crippen LogP contribution in [0.25, 0.3) is 0 Å². The minimum absolute atomic E-state index is 0.187. The molecule has 3 atom stereocenters. The van der Waals surface area contributed by atoms with Crippen molar-refractivity contribution < 1.29 is 4.74 Å². The van der Waals surface area contributed by atoms with Crippen LogP contribution < -0.4 is 11.3 Å². The molecule has 1 fully saturated rings. The lowest BCUT2D eigenvalue weighted by molar-refractivity contribution is 0.0320. The number of aromatic nitrogens is 1. The average Bonchev–Trinajstić information content (AvgIpc) is 2.74. The van der Waals surface area contributed by atoms with E-state index in [0.29, 0.717) is 6.10 Å². The molecule has 1 aromatic rings. The van der Waals surface area contributed by atoms with Gasteiger partial charge in [-0.05, 0) is 43.9 Å². The number of ether oxygens (including phenoxy) is 1. The van der Waals surface area contributed by atoms with E-state index in [9.17, 15) is 0 Å². The maximum absolute atomic E-state index is 5.83. The highest BCUT2D eigenvalue weighted by Crippen LogP contribution is 2.23. The van der Waals surface area contributed by atoms with Gasteiger partial charge in [0, 0.05) is 12.4 Å². The van der Waals surface area contributed by atoms with Crippen molar-refractivity contribution in [2.45, 2.75) is 44.4 Å². The molecule has 2 rings (SSSR count). The molecule has 0 spiro atoms. The Kier molecular flexibility index (Phi) is 3.88. The molecule has 3 unspecified atom stereocenters. The van der Waals surface area contributed by atoms with E-state index in [2.05, 4.69) is 17.3 Å². The standard InChI is InChI=1S/C12H19N3O/c1-9-2-3-12(16-9)11(15-13)8-10-4-6-14-7-5-10/h4-7,9,11-12,15H,2-3,8,13H2,1H3. The highest BCUT2D eigenvalue weighted by Gasteiger charge is 2.28. The highest BCUT2D eigenvalue weighted by atomic mass is 16.5. The van der Waals surface area contributed by atoms with Crippen LogP contribution in [0.4, 0.5) is 0 Å². The first-order chi connectivity index (χ1) is 7.79. The zero-order valence-corrected chi connectivity index (χ0v) is 9.60. The van der Waals surface area contributed by atoms with E-state index >= 15 is 0 Å². The Hall–Kier alpha value is -0.970. The van der Waals surface area contributed by atoms with Crippen LogP contribution in [0.2, 0.25) is 0 Å². The molecule has 0 bridgehead atoms. The summed E-state index contributed by atoms with van der Waals surface area (Å²) in [6, 6.07) is 4.22. The normalized spacial score (nSPS) is 26.9. The fraction of sp³-hybridized carbons (Fsp3) is 0.583.